The SMILES string of the molecule is C=CCc1ccc(N(N)C(=O)OCCCC)cc1. The molecule has 1 aromatic carbocycles. The van der Waals surface area contributed by atoms with Crippen molar-refractivity contribution in [2.24, 2.45) is 5.84 Å². The van der Waals surface area contributed by atoms with Crippen LogP contribution in [0.3, 0.4) is 0 Å². The Balaban J connectivity index is 2.57. The van der Waals surface area contributed by atoms with Crippen LogP contribution in [-0.4, -0.2) is 12.7 Å². The van der Waals surface area contributed by atoms with Crippen LogP contribution in [-0.2, 0) is 11.2 Å². The molecule has 0 unspecified atom stereocenters. The van der Waals surface area contributed by atoms with E-state index < -0.39 is 6.09 Å². The quantitative estimate of drug-likeness (QED) is 0.277. The molecule has 18 heavy (non-hydrogen) atoms. The number of benzene rings is 1. The Morgan fingerprint density at radius 3 is 2.67 bits per heavy atom. The van der Waals surface area contributed by atoms with Gasteiger partial charge in [-0.2, -0.15) is 0 Å². The van der Waals surface area contributed by atoms with Crippen molar-refractivity contribution in [1.29, 1.82) is 0 Å². The number of hydrogen-bond acceptors (Lipinski definition) is 3. The predicted molar refractivity (Wildman–Crippen MR) is 73.3 cm³/mol. The van der Waals surface area contributed by atoms with Gasteiger partial charge in [0.15, 0.2) is 0 Å². The minimum Gasteiger partial charge on any atom is -0.448 e. The van der Waals surface area contributed by atoms with Gasteiger partial charge in [-0.1, -0.05) is 31.6 Å². The number of rotatable bonds is 6. The summed E-state index contributed by atoms with van der Waals surface area (Å²) in [5, 5.41) is 1.02. The van der Waals surface area contributed by atoms with Gasteiger partial charge < -0.3 is 4.74 Å². The summed E-state index contributed by atoms with van der Waals surface area (Å²) in [5.74, 6) is 5.68. The Bertz CT molecular complexity index is 387. The minimum atomic E-state index is -0.528. The summed E-state index contributed by atoms with van der Waals surface area (Å²) in [7, 11) is 0. The van der Waals surface area contributed by atoms with Crippen LogP contribution < -0.4 is 10.9 Å². The van der Waals surface area contributed by atoms with E-state index in [-0.39, 0.29) is 0 Å². The maximum absolute atomic E-state index is 11.6. The Hall–Kier alpha value is -1.81. The van der Waals surface area contributed by atoms with Crippen molar-refractivity contribution in [3.8, 4) is 0 Å². The van der Waals surface area contributed by atoms with Gasteiger partial charge in [0.25, 0.3) is 0 Å². The van der Waals surface area contributed by atoms with Crippen LogP contribution in [0.5, 0.6) is 0 Å². The zero-order chi connectivity index (χ0) is 13.4. The van der Waals surface area contributed by atoms with E-state index >= 15 is 0 Å². The van der Waals surface area contributed by atoms with Gasteiger partial charge in [-0.05, 0) is 30.5 Å². The van der Waals surface area contributed by atoms with Crippen molar-refractivity contribution >= 4 is 11.8 Å². The average molecular weight is 248 g/mol. The summed E-state index contributed by atoms with van der Waals surface area (Å²) in [5.41, 5.74) is 1.74. The maximum atomic E-state index is 11.6. The third kappa shape index (κ3) is 4.22. The first-order valence-electron chi connectivity index (χ1n) is 6.10. The molecule has 0 radical (unpaired) electrons. The number of hydrogen-bond donors (Lipinski definition) is 1. The lowest BCUT2D eigenvalue weighted by Gasteiger charge is -2.16. The topological polar surface area (TPSA) is 55.6 Å². The second-order valence-electron chi connectivity index (χ2n) is 4.00. The molecule has 1 amide bonds. The third-order valence-corrected chi connectivity index (χ3v) is 2.51. The zero-order valence-corrected chi connectivity index (χ0v) is 10.8. The van der Waals surface area contributed by atoms with E-state index in [2.05, 4.69) is 6.58 Å². The van der Waals surface area contributed by atoms with Gasteiger partial charge in [-0.25, -0.2) is 15.6 Å². The lowest BCUT2D eigenvalue weighted by atomic mass is 10.1. The molecule has 2 N–H and O–H groups in total. The van der Waals surface area contributed by atoms with Crippen molar-refractivity contribution in [3.63, 3.8) is 0 Å². The first-order chi connectivity index (χ1) is 8.69. The highest BCUT2D eigenvalue weighted by Crippen LogP contribution is 2.14. The largest absolute Gasteiger partial charge is 0.448 e. The number of carbonyl (C=O) groups excluding carboxylic acids is 1. The van der Waals surface area contributed by atoms with Gasteiger partial charge in [0.05, 0.1) is 12.3 Å². The molecule has 0 aliphatic rings. The molecular formula is C14H20N2O2. The molecule has 1 rings (SSSR count). The molecule has 98 valence electrons. The summed E-state index contributed by atoms with van der Waals surface area (Å²) in [6, 6.07) is 7.41. The molecule has 0 atom stereocenters. The number of amides is 1. The average Bonchev–Trinajstić information content (AvgIpc) is 2.39. The lowest BCUT2D eigenvalue weighted by Crippen LogP contribution is -2.38. The highest BCUT2D eigenvalue weighted by atomic mass is 16.6. The normalized spacial score (nSPS) is 9.89. The van der Waals surface area contributed by atoms with E-state index in [1.165, 1.54) is 0 Å². The molecule has 0 aromatic heterocycles. The Labute approximate surface area is 108 Å². The van der Waals surface area contributed by atoms with Gasteiger partial charge in [-0.15, -0.1) is 6.58 Å². The molecule has 4 nitrogen and oxygen atoms in total. The second kappa shape index (κ2) is 7.50. The summed E-state index contributed by atoms with van der Waals surface area (Å²) in [4.78, 5) is 11.6. The van der Waals surface area contributed by atoms with Crippen molar-refractivity contribution in [2.45, 2.75) is 26.2 Å². The van der Waals surface area contributed by atoms with Crippen LogP contribution in [0.15, 0.2) is 36.9 Å². The number of unbranched alkanes of at least 4 members (excludes halogenated alkanes) is 1. The van der Waals surface area contributed by atoms with Crippen molar-refractivity contribution in [3.05, 3.63) is 42.5 Å². The monoisotopic (exact) mass is 248 g/mol. The van der Waals surface area contributed by atoms with E-state index in [4.69, 9.17) is 10.6 Å². The molecule has 0 bridgehead atoms. The van der Waals surface area contributed by atoms with E-state index in [0.717, 1.165) is 29.8 Å². The predicted octanol–water partition coefficient (Wildman–Crippen LogP) is 3.03. The van der Waals surface area contributed by atoms with Crippen LogP contribution >= 0.6 is 0 Å². The van der Waals surface area contributed by atoms with Crippen LogP contribution in [0, 0.1) is 0 Å². The molecular weight excluding hydrogens is 228 g/mol. The fourth-order valence-electron chi connectivity index (χ4n) is 1.44. The molecule has 0 heterocycles. The smallest absolute Gasteiger partial charge is 0.428 e. The molecule has 0 spiro atoms. The first-order valence-corrected chi connectivity index (χ1v) is 6.10. The Kier molecular flexibility index (Phi) is 5.94. The number of hydrazine groups is 1. The number of nitrogens with two attached hydrogens (primary N) is 1. The summed E-state index contributed by atoms with van der Waals surface area (Å²) < 4.78 is 5.02. The van der Waals surface area contributed by atoms with E-state index in [1.807, 2.05) is 25.1 Å². The number of carbonyl (C=O) groups is 1. The highest BCUT2D eigenvalue weighted by molar-refractivity contribution is 5.86. The summed E-state index contributed by atoms with van der Waals surface area (Å²) in [6.07, 6.45) is 3.92. The molecule has 1 aromatic rings. The van der Waals surface area contributed by atoms with E-state index in [9.17, 15) is 4.79 Å². The molecule has 0 saturated heterocycles. The van der Waals surface area contributed by atoms with Gasteiger partial charge in [0.1, 0.15) is 0 Å². The van der Waals surface area contributed by atoms with Crippen molar-refractivity contribution < 1.29 is 9.53 Å². The van der Waals surface area contributed by atoms with E-state index in [0.29, 0.717) is 12.3 Å². The molecule has 0 fully saturated rings. The van der Waals surface area contributed by atoms with Crippen LogP contribution in [0.4, 0.5) is 10.5 Å². The number of ether oxygens (including phenoxy) is 1. The number of allylic oxidation sites excluding steroid dienone is 1. The van der Waals surface area contributed by atoms with Gasteiger partial charge in [0.2, 0.25) is 0 Å². The van der Waals surface area contributed by atoms with E-state index in [1.54, 1.807) is 12.1 Å². The second-order valence-corrected chi connectivity index (χ2v) is 4.00. The van der Waals surface area contributed by atoms with Crippen LogP contribution in [0.1, 0.15) is 25.3 Å². The Morgan fingerprint density at radius 2 is 2.11 bits per heavy atom. The minimum absolute atomic E-state index is 0.400. The van der Waals surface area contributed by atoms with Gasteiger partial charge in [0, 0.05) is 0 Å². The third-order valence-electron chi connectivity index (χ3n) is 2.51. The molecule has 4 heteroatoms. The van der Waals surface area contributed by atoms with Crippen LogP contribution in [0.25, 0.3) is 0 Å². The molecule has 0 aliphatic heterocycles. The zero-order valence-electron chi connectivity index (χ0n) is 10.8. The standard InChI is InChI=1S/C14H20N2O2/c1-3-5-11-18-14(17)16(15)13-9-7-12(6-4-2)8-10-13/h4,7-10H,2-3,5-6,11,15H2,1H3. The number of nitrogens with zero attached hydrogens (tertiary/aromatic N) is 1. The molecule has 0 aliphatic carbocycles. The highest BCUT2D eigenvalue weighted by Gasteiger charge is 2.12. The number of anilines is 1. The Morgan fingerprint density at radius 1 is 1.44 bits per heavy atom. The van der Waals surface area contributed by atoms with Gasteiger partial charge in [-0.3, -0.25) is 0 Å². The molecule has 0 saturated carbocycles. The van der Waals surface area contributed by atoms with Crippen molar-refractivity contribution in [1.82, 2.24) is 0 Å². The maximum Gasteiger partial charge on any atom is 0.428 e. The van der Waals surface area contributed by atoms with Crippen molar-refractivity contribution in [2.75, 3.05) is 11.6 Å². The fraction of sp³-hybridized carbons (Fsp3) is 0.357. The summed E-state index contributed by atoms with van der Waals surface area (Å²) >= 11 is 0. The first kappa shape index (κ1) is 14.3. The van der Waals surface area contributed by atoms with Crippen LogP contribution in [0.2, 0.25) is 0 Å². The lowest BCUT2D eigenvalue weighted by molar-refractivity contribution is 0.152. The summed E-state index contributed by atoms with van der Waals surface area (Å²) in [6.45, 7) is 6.11. The fourth-order valence-corrected chi connectivity index (χ4v) is 1.44. The van der Waals surface area contributed by atoms with Gasteiger partial charge >= 0.3 is 6.09 Å².